The zero-order chi connectivity index (χ0) is 18.4. The predicted octanol–water partition coefficient (Wildman–Crippen LogP) is 1.78. The molecule has 8 nitrogen and oxygen atoms in total. The zero-order valence-corrected chi connectivity index (χ0v) is 14.9. The lowest BCUT2D eigenvalue weighted by Gasteiger charge is -2.31. The number of carbonyl (C=O) groups is 2. The van der Waals surface area contributed by atoms with E-state index in [1.807, 2.05) is 0 Å². The van der Waals surface area contributed by atoms with Crippen molar-refractivity contribution >= 4 is 22.0 Å². The molecule has 0 bridgehead atoms. The Kier molecular flexibility index (Phi) is 4.63. The van der Waals surface area contributed by atoms with Crippen LogP contribution in [0.5, 0.6) is 0 Å². The van der Waals surface area contributed by atoms with Gasteiger partial charge in [-0.15, -0.1) is 0 Å². The minimum absolute atomic E-state index is 0.0452. The molecule has 3 atom stereocenters. The van der Waals surface area contributed by atoms with Gasteiger partial charge in [0.25, 0.3) is 0 Å². The molecule has 1 aromatic rings. The summed E-state index contributed by atoms with van der Waals surface area (Å²) >= 11 is 0. The fourth-order valence-corrected chi connectivity index (χ4v) is 6.04. The van der Waals surface area contributed by atoms with Crippen LogP contribution in [0.25, 0.3) is 0 Å². The highest BCUT2D eigenvalue weighted by molar-refractivity contribution is 7.89. The summed E-state index contributed by atoms with van der Waals surface area (Å²) in [6.45, 7) is 1.43. The molecule has 3 rings (SSSR count). The lowest BCUT2D eigenvalue weighted by atomic mass is 9.85. The van der Waals surface area contributed by atoms with Crippen molar-refractivity contribution in [2.24, 2.45) is 5.92 Å². The smallest absolute Gasteiger partial charge is 0.373 e. The molecular weight excluding hydrogens is 350 g/mol. The van der Waals surface area contributed by atoms with Crippen molar-refractivity contribution in [2.75, 3.05) is 7.11 Å². The lowest BCUT2D eigenvalue weighted by Crippen LogP contribution is -2.46. The second kappa shape index (κ2) is 6.45. The van der Waals surface area contributed by atoms with Crippen LogP contribution in [0.4, 0.5) is 0 Å². The quantitative estimate of drug-likeness (QED) is 0.802. The van der Waals surface area contributed by atoms with Gasteiger partial charge in [-0.1, -0.05) is 12.8 Å². The van der Waals surface area contributed by atoms with Gasteiger partial charge in [-0.25, -0.2) is 13.2 Å². The molecule has 2 heterocycles. The molecule has 138 valence electrons. The van der Waals surface area contributed by atoms with E-state index >= 15 is 0 Å². The number of fused-ring (bicyclic) bond motifs is 1. The molecule has 0 amide bonds. The number of furan rings is 1. The van der Waals surface area contributed by atoms with Crippen molar-refractivity contribution in [3.63, 3.8) is 0 Å². The lowest BCUT2D eigenvalue weighted by molar-refractivity contribution is -0.141. The number of hydrogen-bond donors (Lipinski definition) is 1. The first-order chi connectivity index (χ1) is 11.8. The Morgan fingerprint density at radius 1 is 1.32 bits per heavy atom. The molecule has 1 aliphatic carbocycles. The zero-order valence-electron chi connectivity index (χ0n) is 14.1. The first-order valence-corrected chi connectivity index (χ1v) is 9.66. The van der Waals surface area contributed by atoms with Gasteiger partial charge in [0.15, 0.2) is 0 Å². The van der Waals surface area contributed by atoms with Crippen LogP contribution >= 0.6 is 0 Å². The van der Waals surface area contributed by atoms with E-state index in [9.17, 15) is 23.1 Å². The van der Waals surface area contributed by atoms with Crippen LogP contribution < -0.4 is 0 Å². The summed E-state index contributed by atoms with van der Waals surface area (Å²) in [5.74, 6) is -2.05. The van der Waals surface area contributed by atoms with Crippen LogP contribution in [0.3, 0.4) is 0 Å². The largest absolute Gasteiger partial charge is 0.480 e. The first-order valence-electron chi connectivity index (χ1n) is 8.22. The van der Waals surface area contributed by atoms with Gasteiger partial charge in [0.2, 0.25) is 15.8 Å². The summed E-state index contributed by atoms with van der Waals surface area (Å²) in [7, 11) is -2.94. The third-order valence-corrected chi connectivity index (χ3v) is 7.17. The summed E-state index contributed by atoms with van der Waals surface area (Å²) in [6, 6.07) is -0.296. The number of hydrogen-bond acceptors (Lipinski definition) is 6. The van der Waals surface area contributed by atoms with Gasteiger partial charge in [-0.3, -0.25) is 4.79 Å². The maximum Gasteiger partial charge on any atom is 0.373 e. The van der Waals surface area contributed by atoms with Crippen molar-refractivity contribution in [1.82, 2.24) is 4.31 Å². The van der Waals surface area contributed by atoms with E-state index < -0.39 is 28.0 Å². The van der Waals surface area contributed by atoms with Gasteiger partial charge >= 0.3 is 11.9 Å². The molecule has 0 spiro atoms. The Balaban J connectivity index is 2.04. The average molecular weight is 371 g/mol. The number of rotatable bonds is 4. The standard InChI is InChI=1S/C16H21NO7S/c1-9-14(8-13(24-9)16(20)23-2)25(21,22)17-11-6-4-3-5-10(11)7-12(17)15(18)19/h8,10-12H,3-7H2,1-2H3,(H,18,19). The summed E-state index contributed by atoms with van der Waals surface area (Å²) in [6.07, 6.45) is 3.66. The fraction of sp³-hybridized carbons (Fsp3) is 0.625. The van der Waals surface area contributed by atoms with Crippen LogP contribution in [-0.2, 0) is 19.6 Å². The van der Waals surface area contributed by atoms with Crippen LogP contribution in [-0.4, -0.2) is 49.0 Å². The van der Waals surface area contributed by atoms with Crippen molar-refractivity contribution in [3.8, 4) is 0 Å². The van der Waals surface area contributed by atoms with E-state index in [4.69, 9.17) is 4.42 Å². The molecule has 1 N–H and O–H groups in total. The second-order valence-corrected chi connectivity index (χ2v) is 8.37. The predicted molar refractivity (Wildman–Crippen MR) is 85.6 cm³/mol. The van der Waals surface area contributed by atoms with Gasteiger partial charge in [0.05, 0.1) is 7.11 Å². The molecule has 2 aliphatic rings. The van der Waals surface area contributed by atoms with Gasteiger partial charge in [-0.05, 0) is 32.1 Å². The number of carbonyl (C=O) groups excluding carboxylic acids is 1. The highest BCUT2D eigenvalue weighted by atomic mass is 32.2. The van der Waals surface area contributed by atoms with Crippen molar-refractivity contribution in [1.29, 1.82) is 0 Å². The van der Waals surface area contributed by atoms with Gasteiger partial charge in [0.1, 0.15) is 16.7 Å². The van der Waals surface area contributed by atoms with Crippen molar-refractivity contribution < 1.29 is 32.3 Å². The topological polar surface area (TPSA) is 114 Å². The SMILES string of the molecule is COC(=O)c1cc(S(=O)(=O)N2C(C(=O)O)CC3CCCCC32)c(C)o1. The molecule has 9 heteroatoms. The van der Waals surface area contributed by atoms with E-state index in [1.54, 1.807) is 0 Å². The normalized spacial score (nSPS) is 27.0. The Morgan fingerprint density at radius 2 is 2.00 bits per heavy atom. The molecule has 1 aromatic heterocycles. The molecular formula is C16H21NO7S. The summed E-state index contributed by atoms with van der Waals surface area (Å²) in [5, 5.41) is 9.54. The third-order valence-electron chi connectivity index (χ3n) is 5.13. The van der Waals surface area contributed by atoms with E-state index in [0.29, 0.717) is 12.8 Å². The van der Waals surface area contributed by atoms with Crippen LogP contribution in [0.1, 0.15) is 48.4 Å². The van der Waals surface area contributed by atoms with Crippen molar-refractivity contribution in [2.45, 2.75) is 56.0 Å². The number of aliphatic carboxylic acids is 1. The van der Waals surface area contributed by atoms with Crippen molar-refractivity contribution in [3.05, 3.63) is 17.6 Å². The van der Waals surface area contributed by atoms with E-state index in [0.717, 1.165) is 29.6 Å². The highest BCUT2D eigenvalue weighted by Gasteiger charge is 2.51. The summed E-state index contributed by atoms with van der Waals surface area (Å²) in [4.78, 5) is 23.1. The maximum atomic E-state index is 13.2. The summed E-state index contributed by atoms with van der Waals surface area (Å²) in [5.41, 5.74) is 0. The minimum atomic E-state index is -4.10. The number of sulfonamides is 1. The number of aryl methyl sites for hydroxylation is 1. The molecule has 3 unspecified atom stereocenters. The fourth-order valence-electron chi connectivity index (χ4n) is 4.01. The van der Waals surface area contributed by atoms with E-state index in [-0.39, 0.29) is 28.4 Å². The maximum absolute atomic E-state index is 13.2. The molecule has 1 saturated carbocycles. The summed E-state index contributed by atoms with van der Waals surface area (Å²) < 4.78 is 37.3. The van der Waals surface area contributed by atoms with E-state index in [2.05, 4.69) is 4.74 Å². The number of carboxylic acids is 1. The number of methoxy groups -OCH3 is 1. The van der Waals surface area contributed by atoms with Crippen LogP contribution in [0, 0.1) is 12.8 Å². The number of nitrogens with zero attached hydrogens (tertiary/aromatic N) is 1. The van der Waals surface area contributed by atoms with Gasteiger partial charge in [-0.2, -0.15) is 4.31 Å². The monoisotopic (exact) mass is 371 g/mol. The minimum Gasteiger partial charge on any atom is -0.480 e. The van der Waals surface area contributed by atoms with Crippen LogP contribution in [0.15, 0.2) is 15.4 Å². The molecule has 1 saturated heterocycles. The molecule has 2 fully saturated rings. The van der Waals surface area contributed by atoms with Gasteiger partial charge < -0.3 is 14.3 Å². The number of carboxylic acid groups (broad SMARTS) is 1. The molecule has 1 aliphatic heterocycles. The number of ether oxygens (including phenoxy) is 1. The Morgan fingerprint density at radius 3 is 2.64 bits per heavy atom. The Labute approximate surface area is 145 Å². The second-order valence-electron chi connectivity index (χ2n) is 6.56. The first kappa shape index (κ1) is 17.9. The number of esters is 1. The highest BCUT2D eigenvalue weighted by Crippen LogP contribution is 2.43. The molecule has 25 heavy (non-hydrogen) atoms. The Hall–Kier alpha value is -1.87. The Bertz CT molecular complexity index is 797. The van der Waals surface area contributed by atoms with E-state index in [1.165, 1.54) is 14.0 Å². The van der Waals surface area contributed by atoms with Gasteiger partial charge in [0, 0.05) is 12.1 Å². The molecule has 0 aromatic carbocycles. The average Bonchev–Trinajstić information content (AvgIpc) is 3.15. The molecule has 0 radical (unpaired) electrons. The van der Waals surface area contributed by atoms with Crippen LogP contribution in [0.2, 0.25) is 0 Å². The third kappa shape index (κ3) is 2.95.